The second kappa shape index (κ2) is 7.44. The van der Waals surface area contributed by atoms with Gasteiger partial charge >= 0.3 is 0 Å². The number of carbonyl (C=O) groups excluding carboxylic acids is 2. The molecule has 1 fully saturated rings. The molecule has 1 amide bonds. The number of anilines is 2. The molecule has 0 radical (unpaired) electrons. The van der Waals surface area contributed by atoms with E-state index in [1.807, 2.05) is 17.0 Å². The van der Waals surface area contributed by atoms with Crippen LogP contribution in [0.25, 0.3) is 0 Å². The van der Waals surface area contributed by atoms with Crippen molar-refractivity contribution in [2.75, 3.05) is 38.5 Å². The molecular weight excluding hydrogens is 316 g/mol. The predicted octanol–water partition coefficient (Wildman–Crippen LogP) is 2.42. The van der Waals surface area contributed by atoms with Crippen LogP contribution in [0.2, 0.25) is 0 Å². The molecule has 1 aromatic carbocycles. The van der Waals surface area contributed by atoms with Crippen LogP contribution in [0.5, 0.6) is 0 Å². The second-order valence-electron chi connectivity index (χ2n) is 6.32. The molecule has 0 aliphatic carbocycles. The lowest BCUT2D eigenvalue weighted by Crippen LogP contribution is -2.47. The smallest absolute Gasteiger partial charge is 0.255 e. The fourth-order valence-electron chi connectivity index (χ4n) is 2.80. The minimum Gasteiger partial charge on any atom is -0.354 e. The van der Waals surface area contributed by atoms with Crippen LogP contribution in [-0.4, -0.2) is 59.7 Å². The fraction of sp³-hybridized carbons (Fsp3) is 0.316. The number of piperazine rings is 1. The summed E-state index contributed by atoms with van der Waals surface area (Å²) < 4.78 is 0. The third-order valence-corrected chi connectivity index (χ3v) is 4.33. The number of aromatic nitrogens is 1. The zero-order valence-electron chi connectivity index (χ0n) is 14.5. The van der Waals surface area contributed by atoms with Crippen LogP contribution in [0.1, 0.15) is 27.6 Å². The molecule has 6 nitrogen and oxygen atoms in total. The average Bonchev–Trinajstić information content (AvgIpc) is 2.62. The zero-order chi connectivity index (χ0) is 17.8. The van der Waals surface area contributed by atoms with Crippen LogP contribution in [0, 0.1) is 0 Å². The molecule has 1 aliphatic rings. The molecule has 1 saturated heterocycles. The predicted molar refractivity (Wildman–Crippen MR) is 97.4 cm³/mol. The van der Waals surface area contributed by atoms with E-state index < -0.39 is 0 Å². The van der Waals surface area contributed by atoms with E-state index in [2.05, 4.69) is 22.2 Å². The largest absolute Gasteiger partial charge is 0.354 e. The van der Waals surface area contributed by atoms with Gasteiger partial charge < -0.3 is 15.1 Å². The first-order valence-corrected chi connectivity index (χ1v) is 8.34. The van der Waals surface area contributed by atoms with E-state index in [0.29, 0.717) is 11.1 Å². The van der Waals surface area contributed by atoms with Crippen molar-refractivity contribution in [1.82, 2.24) is 14.8 Å². The van der Waals surface area contributed by atoms with Gasteiger partial charge in [0.1, 0.15) is 0 Å². The Hall–Kier alpha value is -2.73. The van der Waals surface area contributed by atoms with Crippen molar-refractivity contribution in [3.63, 3.8) is 0 Å². The first kappa shape index (κ1) is 17.1. The molecule has 0 atom stereocenters. The van der Waals surface area contributed by atoms with Crippen LogP contribution >= 0.6 is 0 Å². The Morgan fingerprint density at radius 3 is 2.44 bits per heavy atom. The van der Waals surface area contributed by atoms with Crippen molar-refractivity contribution >= 4 is 23.1 Å². The monoisotopic (exact) mass is 338 g/mol. The topological polar surface area (TPSA) is 65.5 Å². The van der Waals surface area contributed by atoms with E-state index in [4.69, 9.17) is 0 Å². The standard InChI is InChI=1S/C19H22N4O2/c1-14(24)15-4-3-5-17(10-15)21-18-11-16(12-20-13-18)19(25)23-8-6-22(2)7-9-23/h3-5,10-13,21H,6-9H2,1-2H3. The minimum atomic E-state index is 0.00161. The Morgan fingerprint density at radius 1 is 1.00 bits per heavy atom. The molecule has 0 unspecified atom stereocenters. The van der Waals surface area contributed by atoms with Gasteiger partial charge in [-0.1, -0.05) is 12.1 Å². The van der Waals surface area contributed by atoms with Gasteiger partial charge in [-0.05, 0) is 32.2 Å². The molecule has 0 saturated carbocycles. The third kappa shape index (κ3) is 4.22. The number of likely N-dealkylation sites (N-methyl/N-ethyl adjacent to an activating group) is 1. The van der Waals surface area contributed by atoms with Gasteiger partial charge in [0.25, 0.3) is 5.91 Å². The Bertz CT molecular complexity index is 782. The van der Waals surface area contributed by atoms with E-state index in [-0.39, 0.29) is 11.7 Å². The van der Waals surface area contributed by atoms with Crippen LogP contribution in [0.3, 0.4) is 0 Å². The highest BCUT2D eigenvalue weighted by Gasteiger charge is 2.20. The van der Waals surface area contributed by atoms with Crippen molar-refractivity contribution in [3.8, 4) is 0 Å². The van der Waals surface area contributed by atoms with Crippen molar-refractivity contribution in [2.45, 2.75) is 6.92 Å². The highest BCUT2D eigenvalue weighted by molar-refractivity contribution is 5.96. The van der Waals surface area contributed by atoms with Crippen LogP contribution in [0.15, 0.2) is 42.7 Å². The van der Waals surface area contributed by atoms with Gasteiger partial charge in [-0.3, -0.25) is 14.6 Å². The Labute approximate surface area is 147 Å². The molecule has 1 aliphatic heterocycles. The number of nitrogens with zero attached hydrogens (tertiary/aromatic N) is 3. The molecular formula is C19H22N4O2. The summed E-state index contributed by atoms with van der Waals surface area (Å²) in [5.41, 5.74) is 2.72. The number of amides is 1. The first-order valence-electron chi connectivity index (χ1n) is 8.34. The van der Waals surface area contributed by atoms with Crippen LogP contribution in [-0.2, 0) is 0 Å². The maximum Gasteiger partial charge on any atom is 0.255 e. The fourth-order valence-corrected chi connectivity index (χ4v) is 2.80. The Kier molecular flexibility index (Phi) is 5.09. The molecule has 0 bridgehead atoms. The molecule has 3 rings (SSSR count). The van der Waals surface area contributed by atoms with E-state index in [9.17, 15) is 9.59 Å². The van der Waals surface area contributed by atoms with Crippen molar-refractivity contribution < 1.29 is 9.59 Å². The highest BCUT2D eigenvalue weighted by Crippen LogP contribution is 2.19. The quantitative estimate of drug-likeness (QED) is 0.867. The number of benzene rings is 1. The van der Waals surface area contributed by atoms with Gasteiger partial charge in [-0.2, -0.15) is 0 Å². The van der Waals surface area contributed by atoms with Crippen molar-refractivity contribution in [2.24, 2.45) is 0 Å². The lowest BCUT2D eigenvalue weighted by molar-refractivity contribution is 0.0663. The van der Waals surface area contributed by atoms with Crippen molar-refractivity contribution in [1.29, 1.82) is 0 Å². The maximum atomic E-state index is 12.6. The van der Waals surface area contributed by atoms with E-state index in [1.165, 1.54) is 6.92 Å². The maximum absolute atomic E-state index is 12.6. The average molecular weight is 338 g/mol. The lowest BCUT2D eigenvalue weighted by atomic mass is 10.1. The lowest BCUT2D eigenvalue weighted by Gasteiger charge is -2.32. The summed E-state index contributed by atoms with van der Waals surface area (Å²) in [6.07, 6.45) is 3.26. The number of ketones is 1. The molecule has 2 aromatic rings. The Balaban J connectivity index is 1.74. The SMILES string of the molecule is CC(=O)c1cccc(Nc2cncc(C(=O)N3CCN(C)CC3)c2)c1. The molecule has 1 aromatic heterocycles. The van der Waals surface area contributed by atoms with Crippen molar-refractivity contribution in [3.05, 3.63) is 53.9 Å². The summed E-state index contributed by atoms with van der Waals surface area (Å²) in [7, 11) is 2.06. The summed E-state index contributed by atoms with van der Waals surface area (Å²) in [6, 6.07) is 9.07. The first-order chi connectivity index (χ1) is 12.0. The summed E-state index contributed by atoms with van der Waals surface area (Å²) in [4.78, 5) is 32.4. The normalized spacial score (nSPS) is 15.0. The third-order valence-electron chi connectivity index (χ3n) is 4.33. The minimum absolute atomic E-state index is 0.00161. The van der Waals surface area contributed by atoms with Gasteiger partial charge in [-0.15, -0.1) is 0 Å². The van der Waals surface area contributed by atoms with Gasteiger partial charge in [-0.25, -0.2) is 0 Å². The van der Waals surface area contributed by atoms with Gasteiger partial charge in [0.15, 0.2) is 5.78 Å². The van der Waals surface area contributed by atoms with Gasteiger partial charge in [0, 0.05) is 43.6 Å². The summed E-state index contributed by atoms with van der Waals surface area (Å²) >= 11 is 0. The second-order valence-corrected chi connectivity index (χ2v) is 6.32. The number of rotatable bonds is 4. The number of hydrogen-bond donors (Lipinski definition) is 1. The number of hydrogen-bond acceptors (Lipinski definition) is 5. The van der Waals surface area contributed by atoms with E-state index >= 15 is 0 Å². The number of Topliss-reactive ketones (excluding diaryl/α,β-unsaturated/α-hetero) is 1. The molecule has 130 valence electrons. The van der Waals surface area contributed by atoms with Crippen LogP contribution < -0.4 is 5.32 Å². The van der Waals surface area contributed by atoms with Gasteiger partial charge in [0.05, 0.1) is 17.4 Å². The van der Waals surface area contributed by atoms with E-state index in [1.54, 1.807) is 30.6 Å². The van der Waals surface area contributed by atoms with E-state index in [0.717, 1.165) is 37.6 Å². The summed E-state index contributed by atoms with van der Waals surface area (Å²) in [6.45, 7) is 4.77. The van der Waals surface area contributed by atoms with Gasteiger partial charge in [0.2, 0.25) is 0 Å². The molecule has 0 spiro atoms. The summed E-state index contributed by atoms with van der Waals surface area (Å²) in [5, 5.41) is 3.21. The number of nitrogens with one attached hydrogen (secondary N) is 1. The molecule has 1 N–H and O–H groups in total. The number of carbonyl (C=O) groups is 2. The molecule has 6 heteroatoms. The van der Waals surface area contributed by atoms with Crippen LogP contribution in [0.4, 0.5) is 11.4 Å². The molecule has 2 heterocycles. The molecule has 25 heavy (non-hydrogen) atoms. The highest BCUT2D eigenvalue weighted by atomic mass is 16.2. The summed E-state index contributed by atoms with van der Waals surface area (Å²) in [5.74, 6) is 0.0162. The zero-order valence-corrected chi connectivity index (χ0v) is 14.5. The number of pyridine rings is 1. The Morgan fingerprint density at radius 2 is 1.72 bits per heavy atom.